The lowest BCUT2D eigenvalue weighted by molar-refractivity contribution is -0.384. The third-order valence-corrected chi connectivity index (χ3v) is 5.89. The molecule has 2 heterocycles. The van der Waals surface area contributed by atoms with E-state index in [1.54, 1.807) is 18.2 Å². The summed E-state index contributed by atoms with van der Waals surface area (Å²) in [5.74, 6) is -2.09. The molecule has 0 spiro atoms. The van der Waals surface area contributed by atoms with Gasteiger partial charge in [0.1, 0.15) is 5.76 Å². The molecule has 2 aliphatic rings. The summed E-state index contributed by atoms with van der Waals surface area (Å²) in [5, 5.41) is 30.8. The maximum atomic E-state index is 13.1. The molecule has 1 saturated heterocycles. The van der Waals surface area contributed by atoms with E-state index in [0.29, 0.717) is 36.3 Å². The fourth-order valence-electron chi connectivity index (χ4n) is 4.17. The fourth-order valence-corrected chi connectivity index (χ4v) is 4.17. The number of carbonyl (C=O) groups is 3. The van der Waals surface area contributed by atoms with E-state index in [0.717, 1.165) is 0 Å². The molecule has 1 amide bonds. The number of ether oxygens (including phenoxy) is 2. The number of ketones is 1. The molecule has 2 N–H and O–H groups in total. The van der Waals surface area contributed by atoms with Gasteiger partial charge in [-0.1, -0.05) is 12.5 Å². The molecule has 182 valence electrons. The Morgan fingerprint density at radius 1 is 1.03 bits per heavy atom. The van der Waals surface area contributed by atoms with E-state index in [1.807, 2.05) is 0 Å². The van der Waals surface area contributed by atoms with Crippen LogP contribution in [0.2, 0.25) is 0 Å². The van der Waals surface area contributed by atoms with Crippen molar-refractivity contribution in [2.45, 2.75) is 31.7 Å². The topological polar surface area (TPSA) is 157 Å². The molecule has 4 rings (SSSR count). The Kier molecular flexibility index (Phi) is 6.67. The number of rotatable bonds is 9. The maximum Gasteiger partial charge on any atom is 0.303 e. The van der Waals surface area contributed by atoms with E-state index in [-0.39, 0.29) is 36.6 Å². The summed E-state index contributed by atoms with van der Waals surface area (Å²) >= 11 is 0. The van der Waals surface area contributed by atoms with Gasteiger partial charge in [-0.2, -0.15) is 0 Å². The maximum absolute atomic E-state index is 13.1. The van der Waals surface area contributed by atoms with Crippen molar-refractivity contribution < 1.29 is 39.0 Å². The van der Waals surface area contributed by atoms with Gasteiger partial charge in [-0.15, -0.1) is 0 Å². The average molecular weight is 482 g/mol. The van der Waals surface area contributed by atoms with Gasteiger partial charge in [0.25, 0.3) is 17.4 Å². The van der Waals surface area contributed by atoms with Gasteiger partial charge < -0.3 is 24.6 Å². The summed E-state index contributed by atoms with van der Waals surface area (Å²) in [5.41, 5.74) is 0.340. The molecular formula is C24H22N2O9. The number of aliphatic hydroxyl groups excluding tert-OH is 1. The largest absolute Gasteiger partial charge is 0.507 e. The zero-order valence-electron chi connectivity index (χ0n) is 18.5. The first kappa shape index (κ1) is 23.7. The van der Waals surface area contributed by atoms with Gasteiger partial charge >= 0.3 is 5.97 Å². The third kappa shape index (κ3) is 4.79. The van der Waals surface area contributed by atoms with Crippen LogP contribution in [-0.2, 0) is 14.4 Å². The van der Waals surface area contributed by atoms with Crippen LogP contribution in [-0.4, -0.2) is 51.0 Å². The highest BCUT2D eigenvalue weighted by molar-refractivity contribution is 6.46. The van der Waals surface area contributed by atoms with Crippen molar-refractivity contribution in [3.05, 3.63) is 69.3 Å². The molecule has 0 bridgehead atoms. The Balaban J connectivity index is 1.71. The van der Waals surface area contributed by atoms with E-state index < -0.39 is 34.4 Å². The van der Waals surface area contributed by atoms with Crippen LogP contribution in [0, 0.1) is 10.1 Å². The number of nitrogens with zero attached hydrogens (tertiary/aromatic N) is 2. The molecule has 2 aromatic rings. The highest BCUT2D eigenvalue weighted by Crippen LogP contribution is 2.43. The van der Waals surface area contributed by atoms with Gasteiger partial charge in [-0.3, -0.25) is 24.5 Å². The number of benzene rings is 2. The zero-order chi connectivity index (χ0) is 25.1. The third-order valence-electron chi connectivity index (χ3n) is 5.89. The molecule has 35 heavy (non-hydrogen) atoms. The van der Waals surface area contributed by atoms with Crippen molar-refractivity contribution in [2.24, 2.45) is 0 Å². The first-order valence-corrected chi connectivity index (χ1v) is 10.9. The summed E-state index contributed by atoms with van der Waals surface area (Å²) in [4.78, 5) is 48.5. The smallest absolute Gasteiger partial charge is 0.303 e. The second-order valence-electron chi connectivity index (χ2n) is 8.11. The highest BCUT2D eigenvalue weighted by Gasteiger charge is 2.46. The standard InChI is InChI=1S/C24H22N2O9/c27-19(28)4-2-1-3-11-25-21(15-7-10-17-18(12-15)35-13-34-17)20(23(30)24(25)31)22(29)14-5-8-16(9-6-14)26(32)33/h5-10,12,21,29H,1-4,11,13H2,(H,27,28). The number of hydrogen-bond donors (Lipinski definition) is 2. The summed E-state index contributed by atoms with van der Waals surface area (Å²) in [6.07, 6.45) is 1.42. The van der Waals surface area contributed by atoms with E-state index >= 15 is 0 Å². The molecule has 1 fully saturated rings. The number of likely N-dealkylation sites (tertiary alicyclic amines) is 1. The van der Waals surface area contributed by atoms with Crippen LogP contribution in [0.25, 0.3) is 5.76 Å². The highest BCUT2D eigenvalue weighted by atomic mass is 16.7. The normalized spacial score (nSPS) is 18.2. The van der Waals surface area contributed by atoms with Crippen molar-refractivity contribution >= 4 is 29.1 Å². The number of amides is 1. The van der Waals surface area contributed by atoms with Crippen LogP contribution >= 0.6 is 0 Å². The number of non-ortho nitro benzene ring substituents is 1. The summed E-state index contributed by atoms with van der Waals surface area (Å²) in [6, 6.07) is 9.04. The fraction of sp³-hybridized carbons (Fsp3) is 0.292. The summed E-state index contributed by atoms with van der Waals surface area (Å²) < 4.78 is 10.8. The lowest BCUT2D eigenvalue weighted by atomic mass is 9.95. The van der Waals surface area contributed by atoms with Gasteiger partial charge in [-0.05, 0) is 42.7 Å². The van der Waals surface area contributed by atoms with Crippen molar-refractivity contribution in [1.29, 1.82) is 0 Å². The molecular weight excluding hydrogens is 460 g/mol. The second-order valence-corrected chi connectivity index (χ2v) is 8.11. The van der Waals surface area contributed by atoms with Crippen LogP contribution < -0.4 is 9.47 Å². The Morgan fingerprint density at radius 3 is 2.43 bits per heavy atom. The minimum Gasteiger partial charge on any atom is -0.507 e. The Labute approximate surface area is 199 Å². The van der Waals surface area contributed by atoms with E-state index in [1.165, 1.54) is 29.2 Å². The van der Waals surface area contributed by atoms with E-state index in [9.17, 15) is 29.6 Å². The van der Waals surface area contributed by atoms with Crippen molar-refractivity contribution in [3.8, 4) is 11.5 Å². The number of Topliss-reactive ketones (excluding diaryl/α,β-unsaturated/α-hetero) is 1. The van der Waals surface area contributed by atoms with Gasteiger partial charge in [0.05, 0.1) is 16.5 Å². The van der Waals surface area contributed by atoms with Crippen LogP contribution in [0.1, 0.15) is 42.9 Å². The quantitative estimate of drug-likeness (QED) is 0.136. The van der Waals surface area contributed by atoms with Gasteiger partial charge in [0, 0.05) is 30.7 Å². The van der Waals surface area contributed by atoms with Gasteiger partial charge in [0.2, 0.25) is 6.79 Å². The number of fused-ring (bicyclic) bond motifs is 1. The molecule has 1 atom stereocenters. The monoisotopic (exact) mass is 482 g/mol. The molecule has 1 unspecified atom stereocenters. The number of aliphatic carboxylic acids is 1. The molecule has 0 radical (unpaired) electrons. The number of unbranched alkanes of at least 4 members (excludes halogenated alkanes) is 2. The number of carboxylic acid groups (broad SMARTS) is 1. The van der Waals surface area contributed by atoms with Crippen molar-refractivity contribution in [1.82, 2.24) is 4.90 Å². The molecule has 2 aromatic carbocycles. The molecule has 0 aliphatic carbocycles. The van der Waals surface area contributed by atoms with Crippen LogP contribution in [0.15, 0.2) is 48.0 Å². The number of carbonyl (C=O) groups excluding carboxylic acids is 2. The number of hydrogen-bond acceptors (Lipinski definition) is 8. The van der Waals surface area contributed by atoms with Crippen LogP contribution in [0.4, 0.5) is 5.69 Å². The van der Waals surface area contributed by atoms with Crippen LogP contribution in [0.5, 0.6) is 11.5 Å². The summed E-state index contributed by atoms with van der Waals surface area (Å²) in [7, 11) is 0. The number of carboxylic acids is 1. The lowest BCUT2D eigenvalue weighted by Crippen LogP contribution is -2.30. The predicted molar refractivity (Wildman–Crippen MR) is 121 cm³/mol. The van der Waals surface area contributed by atoms with E-state index in [4.69, 9.17) is 14.6 Å². The molecule has 0 saturated carbocycles. The first-order valence-electron chi connectivity index (χ1n) is 10.9. The molecule has 11 nitrogen and oxygen atoms in total. The lowest BCUT2D eigenvalue weighted by Gasteiger charge is -2.25. The molecule has 2 aliphatic heterocycles. The average Bonchev–Trinajstić information content (AvgIpc) is 3.40. The van der Waals surface area contributed by atoms with Crippen LogP contribution in [0.3, 0.4) is 0 Å². The van der Waals surface area contributed by atoms with Gasteiger partial charge in [-0.25, -0.2) is 0 Å². The number of nitro benzene ring substituents is 1. The molecule has 11 heteroatoms. The Hall–Kier alpha value is -4.41. The Bertz CT molecular complexity index is 1220. The summed E-state index contributed by atoms with van der Waals surface area (Å²) in [6.45, 7) is 0.200. The SMILES string of the molecule is O=C(O)CCCCCN1C(=O)C(=O)C(=C(O)c2ccc([N+](=O)[O-])cc2)C1c1ccc2c(c1)OCO2. The number of aliphatic hydroxyl groups is 1. The minimum absolute atomic E-state index is 0.00452. The zero-order valence-corrected chi connectivity index (χ0v) is 18.5. The first-order chi connectivity index (χ1) is 16.8. The van der Waals surface area contributed by atoms with E-state index in [2.05, 4.69) is 0 Å². The number of nitro groups is 1. The predicted octanol–water partition coefficient (Wildman–Crippen LogP) is 3.39. The molecule has 0 aromatic heterocycles. The van der Waals surface area contributed by atoms with Crippen molar-refractivity contribution in [2.75, 3.05) is 13.3 Å². The minimum atomic E-state index is -0.931. The Morgan fingerprint density at radius 2 is 1.74 bits per heavy atom. The van der Waals surface area contributed by atoms with Gasteiger partial charge in [0.15, 0.2) is 11.5 Å². The van der Waals surface area contributed by atoms with Crippen molar-refractivity contribution in [3.63, 3.8) is 0 Å². The second kappa shape index (κ2) is 9.84.